The fourth-order valence-corrected chi connectivity index (χ4v) is 3.34. The van der Waals surface area contributed by atoms with E-state index in [1.807, 2.05) is 51.9 Å². The zero-order valence-electron chi connectivity index (χ0n) is 19.8. The molecule has 0 spiro atoms. The Kier molecular flexibility index (Phi) is 12.1. The summed E-state index contributed by atoms with van der Waals surface area (Å²) in [6, 6.07) is 3.16. The van der Waals surface area contributed by atoms with Crippen molar-refractivity contribution in [2.45, 2.75) is 72.3 Å². The van der Waals surface area contributed by atoms with Crippen LogP contribution in [-0.4, -0.2) is 56.5 Å². The summed E-state index contributed by atoms with van der Waals surface area (Å²) in [6.07, 6.45) is 6.06. The van der Waals surface area contributed by atoms with Crippen molar-refractivity contribution in [2.75, 3.05) is 33.8 Å². The molecular formula is C24H41N3O3. The molecule has 1 rings (SSSR count). The number of aryl methyl sites for hydroxylation is 2. The molecule has 0 radical (unpaired) electrons. The van der Waals surface area contributed by atoms with Gasteiger partial charge >= 0.3 is 0 Å². The van der Waals surface area contributed by atoms with E-state index in [9.17, 15) is 9.59 Å². The Bertz CT molecular complexity index is 651. The molecular weight excluding hydrogens is 378 g/mol. The number of nitrogens with one attached hydrogen (secondary N) is 2. The first-order valence-electron chi connectivity index (χ1n) is 11.3. The van der Waals surface area contributed by atoms with Crippen LogP contribution in [0, 0.1) is 13.8 Å². The van der Waals surface area contributed by atoms with Crippen LogP contribution < -0.4 is 15.4 Å². The van der Waals surface area contributed by atoms with Crippen LogP contribution in [0.1, 0.15) is 73.9 Å². The van der Waals surface area contributed by atoms with Gasteiger partial charge in [0.15, 0.2) is 0 Å². The summed E-state index contributed by atoms with van der Waals surface area (Å²) in [7, 11) is 3.92. The second-order valence-corrected chi connectivity index (χ2v) is 8.26. The van der Waals surface area contributed by atoms with E-state index in [-0.39, 0.29) is 11.8 Å². The standard InChI is InChI=1S/C24H41N3O3/c1-7-9-10-11-15-30-22-18(3)16-20(17-19(22)4)23(28)26-21(12-8-2)24(29)25-13-14-27(5)6/h16-17,21H,7-15H2,1-6H3,(H,25,29)(H,26,28)/t21-/m0/s1. The van der Waals surface area contributed by atoms with Gasteiger partial charge in [-0.1, -0.05) is 39.5 Å². The molecule has 2 N–H and O–H groups in total. The van der Waals surface area contributed by atoms with Crippen molar-refractivity contribution in [3.63, 3.8) is 0 Å². The molecule has 170 valence electrons. The summed E-state index contributed by atoms with van der Waals surface area (Å²) in [5.41, 5.74) is 2.45. The highest BCUT2D eigenvalue weighted by molar-refractivity contribution is 5.98. The largest absolute Gasteiger partial charge is 0.493 e. The van der Waals surface area contributed by atoms with Crippen LogP contribution in [0.25, 0.3) is 0 Å². The van der Waals surface area contributed by atoms with Gasteiger partial charge in [0, 0.05) is 18.7 Å². The number of amides is 2. The molecule has 0 heterocycles. The maximum atomic E-state index is 12.8. The zero-order valence-corrected chi connectivity index (χ0v) is 19.8. The molecule has 0 saturated carbocycles. The number of rotatable bonds is 14. The number of carbonyl (C=O) groups is 2. The van der Waals surface area contributed by atoms with Crippen LogP contribution in [0.4, 0.5) is 0 Å². The zero-order chi connectivity index (χ0) is 22.5. The van der Waals surface area contributed by atoms with Crippen LogP contribution in [0.15, 0.2) is 12.1 Å². The Morgan fingerprint density at radius 1 is 1.03 bits per heavy atom. The van der Waals surface area contributed by atoms with E-state index in [0.717, 1.165) is 36.3 Å². The molecule has 0 bridgehead atoms. The monoisotopic (exact) mass is 419 g/mol. The highest BCUT2D eigenvalue weighted by Gasteiger charge is 2.21. The molecule has 0 aliphatic carbocycles. The molecule has 0 fully saturated rings. The van der Waals surface area contributed by atoms with Crippen molar-refractivity contribution >= 4 is 11.8 Å². The summed E-state index contributed by atoms with van der Waals surface area (Å²) in [5, 5.41) is 5.82. The Morgan fingerprint density at radius 2 is 1.70 bits per heavy atom. The van der Waals surface area contributed by atoms with Crippen molar-refractivity contribution in [3.05, 3.63) is 28.8 Å². The molecule has 6 heteroatoms. The van der Waals surface area contributed by atoms with Crippen molar-refractivity contribution in [1.29, 1.82) is 0 Å². The smallest absolute Gasteiger partial charge is 0.251 e. The third-order valence-corrected chi connectivity index (χ3v) is 5.02. The summed E-state index contributed by atoms with van der Waals surface area (Å²) in [6.45, 7) is 10.1. The third kappa shape index (κ3) is 9.16. The molecule has 1 aromatic rings. The number of likely N-dealkylation sites (N-methyl/N-ethyl adjacent to an activating group) is 1. The van der Waals surface area contributed by atoms with Crippen LogP contribution in [0.5, 0.6) is 5.75 Å². The van der Waals surface area contributed by atoms with Crippen molar-refractivity contribution in [1.82, 2.24) is 15.5 Å². The Labute approximate surface area is 182 Å². The van der Waals surface area contributed by atoms with Crippen molar-refractivity contribution in [3.8, 4) is 5.75 Å². The lowest BCUT2D eigenvalue weighted by Crippen LogP contribution is -2.47. The van der Waals surface area contributed by atoms with Gasteiger partial charge in [0.2, 0.25) is 5.91 Å². The minimum Gasteiger partial charge on any atom is -0.493 e. The lowest BCUT2D eigenvalue weighted by Gasteiger charge is -2.20. The van der Waals surface area contributed by atoms with Gasteiger partial charge < -0.3 is 20.3 Å². The summed E-state index contributed by atoms with van der Waals surface area (Å²) >= 11 is 0. The second-order valence-electron chi connectivity index (χ2n) is 8.26. The number of hydrogen-bond donors (Lipinski definition) is 2. The van der Waals surface area contributed by atoms with Gasteiger partial charge in [0.05, 0.1) is 6.61 Å². The number of carbonyl (C=O) groups excluding carboxylic acids is 2. The van der Waals surface area contributed by atoms with E-state index in [1.165, 1.54) is 19.3 Å². The van der Waals surface area contributed by atoms with E-state index >= 15 is 0 Å². The van der Waals surface area contributed by atoms with E-state index in [2.05, 4.69) is 17.6 Å². The van der Waals surface area contributed by atoms with Crippen LogP contribution in [0.3, 0.4) is 0 Å². The average Bonchev–Trinajstić information content (AvgIpc) is 2.68. The van der Waals surface area contributed by atoms with Gasteiger partial charge in [-0.2, -0.15) is 0 Å². The minimum atomic E-state index is -0.528. The molecule has 1 aromatic carbocycles. The Morgan fingerprint density at radius 3 is 2.27 bits per heavy atom. The van der Waals surface area contributed by atoms with Crippen LogP contribution in [0.2, 0.25) is 0 Å². The number of ether oxygens (including phenoxy) is 1. The average molecular weight is 420 g/mol. The summed E-state index contributed by atoms with van der Waals surface area (Å²) in [5.74, 6) is 0.499. The van der Waals surface area contributed by atoms with Gasteiger partial charge in [-0.25, -0.2) is 0 Å². The van der Waals surface area contributed by atoms with Gasteiger partial charge in [-0.3, -0.25) is 9.59 Å². The fraction of sp³-hybridized carbons (Fsp3) is 0.667. The molecule has 0 unspecified atom stereocenters. The lowest BCUT2D eigenvalue weighted by atomic mass is 10.0. The topological polar surface area (TPSA) is 70.7 Å². The number of nitrogens with zero attached hydrogens (tertiary/aromatic N) is 1. The number of hydrogen-bond acceptors (Lipinski definition) is 4. The quantitative estimate of drug-likeness (QED) is 0.450. The van der Waals surface area contributed by atoms with Gasteiger partial charge in [0.1, 0.15) is 11.8 Å². The lowest BCUT2D eigenvalue weighted by molar-refractivity contribution is -0.123. The fourth-order valence-electron chi connectivity index (χ4n) is 3.34. The number of unbranched alkanes of at least 4 members (excludes halogenated alkanes) is 3. The maximum Gasteiger partial charge on any atom is 0.251 e. The molecule has 1 atom stereocenters. The van der Waals surface area contributed by atoms with E-state index < -0.39 is 6.04 Å². The van der Waals surface area contributed by atoms with Crippen LogP contribution >= 0.6 is 0 Å². The molecule has 2 amide bonds. The summed E-state index contributed by atoms with van der Waals surface area (Å²) < 4.78 is 5.97. The first-order valence-corrected chi connectivity index (χ1v) is 11.3. The van der Waals surface area contributed by atoms with Gasteiger partial charge in [0.25, 0.3) is 5.91 Å². The molecule has 0 aliphatic heterocycles. The highest BCUT2D eigenvalue weighted by Crippen LogP contribution is 2.25. The molecule has 6 nitrogen and oxygen atoms in total. The predicted molar refractivity (Wildman–Crippen MR) is 123 cm³/mol. The third-order valence-electron chi connectivity index (χ3n) is 5.02. The first-order chi connectivity index (χ1) is 14.3. The second kappa shape index (κ2) is 14.0. The van der Waals surface area contributed by atoms with Gasteiger partial charge in [-0.15, -0.1) is 0 Å². The molecule has 0 aromatic heterocycles. The predicted octanol–water partition coefficient (Wildman–Crippen LogP) is 3.84. The van der Waals surface area contributed by atoms with Gasteiger partial charge in [-0.05, 0) is 64.0 Å². The molecule has 0 aliphatic rings. The van der Waals surface area contributed by atoms with Crippen molar-refractivity contribution in [2.24, 2.45) is 0 Å². The Balaban J connectivity index is 2.74. The van der Waals surface area contributed by atoms with E-state index in [4.69, 9.17) is 4.74 Å². The maximum absolute atomic E-state index is 12.8. The molecule has 30 heavy (non-hydrogen) atoms. The van der Waals surface area contributed by atoms with E-state index in [0.29, 0.717) is 25.1 Å². The van der Waals surface area contributed by atoms with Crippen LogP contribution in [-0.2, 0) is 4.79 Å². The van der Waals surface area contributed by atoms with Crippen molar-refractivity contribution < 1.29 is 14.3 Å². The number of benzene rings is 1. The highest BCUT2D eigenvalue weighted by atomic mass is 16.5. The SMILES string of the molecule is CCCCCCOc1c(C)cc(C(=O)N[C@@H](CCC)C(=O)NCCN(C)C)cc1C. The minimum absolute atomic E-state index is 0.132. The Hall–Kier alpha value is -2.08. The summed E-state index contributed by atoms with van der Waals surface area (Å²) in [4.78, 5) is 27.3. The van der Waals surface area contributed by atoms with E-state index in [1.54, 1.807) is 0 Å². The molecule has 0 saturated heterocycles. The normalized spacial score (nSPS) is 12.0. The first kappa shape index (κ1) is 26.0.